The first-order valence-corrected chi connectivity index (χ1v) is 11.3. The minimum atomic E-state index is -3.61. The van der Waals surface area contributed by atoms with Gasteiger partial charge in [-0.05, 0) is 43.2 Å². The van der Waals surface area contributed by atoms with Crippen LogP contribution in [0.5, 0.6) is 5.75 Å². The molecular formula is C20H23BrN2O4S. The van der Waals surface area contributed by atoms with Gasteiger partial charge in [0.25, 0.3) is 0 Å². The highest BCUT2D eigenvalue weighted by molar-refractivity contribution is 9.10. The van der Waals surface area contributed by atoms with Crippen molar-refractivity contribution < 1.29 is 17.9 Å². The number of hydrogen-bond acceptors (Lipinski definition) is 4. The Morgan fingerprint density at radius 3 is 2.64 bits per heavy atom. The summed E-state index contributed by atoms with van der Waals surface area (Å²) in [5.74, 6) is 0.209. The van der Waals surface area contributed by atoms with E-state index in [-0.39, 0.29) is 23.3 Å². The largest absolute Gasteiger partial charge is 0.496 e. The van der Waals surface area contributed by atoms with Crippen LogP contribution in [0.3, 0.4) is 0 Å². The van der Waals surface area contributed by atoms with Crippen molar-refractivity contribution in [2.24, 2.45) is 5.92 Å². The van der Waals surface area contributed by atoms with Gasteiger partial charge in [-0.25, -0.2) is 8.42 Å². The molecule has 1 aliphatic rings. The van der Waals surface area contributed by atoms with Crippen LogP contribution < -0.4 is 10.1 Å². The number of piperidine rings is 1. The van der Waals surface area contributed by atoms with Gasteiger partial charge in [-0.3, -0.25) is 4.79 Å². The summed E-state index contributed by atoms with van der Waals surface area (Å²) in [6.45, 7) is 0.962. The Morgan fingerprint density at radius 1 is 1.21 bits per heavy atom. The zero-order chi connectivity index (χ0) is 20.1. The molecule has 0 aromatic heterocycles. The van der Waals surface area contributed by atoms with Gasteiger partial charge >= 0.3 is 0 Å². The number of halogens is 1. The van der Waals surface area contributed by atoms with Crippen molar-refractivity contribution in [1.82, 2.24) is 9.62 Å². The van der Waals surface area contributed by atoms with Gasteiger partial charge in [0, 0.05) is 29.7 Å². The molecule has 8 heteroatoms. The first kappa shape index (κ1) is 20.8. The molecule has 1 atom stereocenters. The fourth-order valence-electron chi connectivity index (χ4n) is 3.31. The maximum Gasteiger partial charge on any atom is 0.243 e. The molecule has 28 heavy (non-hydrogen) atoms. The summed E-state index contributed by atoms with van der Waals surface area (Å²) < 4.78 is 33.3. The molecule has 0 aliphatic carbocycles. The predicted octanol–water partition coefficient (Wildman–Crippen LogP) is 3.17. The van der Waals surface area contributed by atoms with E-state index in [2.05, 4.69) is 21.2 Å². The lowest BCUT2D eigenvalue weighted by Gasteiger charge is -2.31. The quantitative estimate of drug-likeness (QED) is 0.708. The Balaban J connectivity index is 1.65. The number of sulfonamides is 1. The van der Waals surface area contributed by atoms with E-state index < -0.39 is 10.0 Å². The fraction of sp³-hybridized carbons (Fsp3) is 0.350. The first-order valence-electron chi connectivity index (χ1n) is 9.07. The van der Waals surface area contributed by atoms with E-state index in [1.165, 1.54) is 4.31 Å². The maximum atomic E-state index is 12.9. The molecule has 0 radical (unpaired) electrons. The van der Waals surface area contributed by atoms with Gasteiger partial charge < -0.3 is 10.1 Å². The van der Waals surface area contributed by atoms with Crippen LogP contribution in [0.15, 0.2) is 57.9 Å². The number of ether oxygens (including phenoxy) is 1. The van der Waals surface area contributed by atoms with Crippen molar-refractivity contribution in [3.63, 3.8) is 0 Å². The van der Waals surface area contributed by atoms with Crippen molar-refractivity contribution in [3.05, 3.63) is 58.6 Å². The summed E-state index contributed by atoms with van der Waals surface area (Å²) in [7, 11) is -2.02. The van der Waals surface area contributed by atoms with E-state index >= 15 is 0 Å². The van der Waals surface area contributed by atoms with E-state index in [1.54, 1.807) is 31.4 Å². The smallest absolute Gasteiger partial charge is 0.243 e. The molecule has 1 amide bonds. The van der Waals surface area contributed by atoms with Crippen LogP contribution in [-0.4, -0.2) is 38.8 Å². The van der Waals surface area contributed by atoms with Crippen LogP contribution in [0.25, 0.3) is 0 Å². The molecule has 0 spiro atoms. The number of nitrogens with zero attached hydrogens (tertiary/aromatic N) is 1. The monoisotopic (exact) mass is 466 g/mol. The number of carbonyl (C=O) groups excluding carboxylic acids is 1. The summed E-state index contributed by atoms with van der Waals surface area (Å²) in [4.78, 5) is 12.9. The van der Waals surface area contributed by atoms with Crippen LogP contribution in [-0.2, 0) is 21.4 Å². The molecule has 6 nitrogen and oxygen atoms in total. The number of para-hydroxylation sites is 1. The zero-order valence-corrected chi connectivity index (χ0v) is 18.0. The van der Waals surface area contributed by atoms with Crippen molar-refractivity contribution in [1.29, 1.82) is 0 Å². The Kier molecular flexibility index (Phi) is 6.74. The van der Waals surface area contributed by atoms with E-state index in [1.807, 2.05) is 24.3 Å². The Bertz CT molecular complexity index is 931. The van der Waals surface area contributed by atoms with Crippen molar-refractivity contribution in [2.75, 3.05) is 20.2 Å². The number of carbonyl (C=O) groups is 1. The molecule has 1 fully saturated rings. The molecule has 1 heterocycles. The third-order valence-electron chi connectivity index (χ3n) is 4.85. The van der Waals surface area contributed by atoms with Gasteiger partial charge in [-0.15, -0.1) is 0 Å². The van der Waals surface area contributed by atoms with Crippen LogP contribution in [0.1, 0.15) is 18.4 Å². The molecule has 1 saturated heterocycles. The molecule has 2 aromatic carbocycles. The third kappa shape index (κ3) is 4.74. The van der Waals surface area contributed by atoms with Crippen LogP contribution in [0.2, 0.25) is 0 Å². The lowest BCUT2D eigenvalue weighted by Crippen LogP contribution is -2.45. The molecule has 1 N–H and O–H groups in total. The first-order chi connectivity index (χ1) is 13.4. The van der Waals surface area contributed by atoms with Gasteiger partial charge in [0.2, 0.25) is 15.9 Å². The van der Waals surface area contributed by atoms with E-state index in [9.17, 15) is 13.2 Å². The number of methoxy groups -OCH3 is 1. The highest BCUT2D eigenvalue weighted by Gasteiger charge is 2.33. The van der Waals surface area contributed by atoms with Gasteiger partial charge in [0.05, 0.1) is 17.9 Å². The summed E-state index contributed by atoms with van der Waals surface area (Å²) in [6, 6.07) is 14.0. The van der Waals surface area contributed by atoms with Gasteiger partial charge in [0.1, 0.15) is 5.75 Å². The summed E-state index contributed by atoms with van der Waals surface area (Å²) in [5.41, 5.74) is 0.883. The SMILES string of the molecule is COc1ccccc1CNC(=O)[C@H]1CCCN(S(=O)(=O)c2ccc(Br)cc2)C1. The Labute approximate surface area is 174 Å². The van der Waals surface area contributed by atoms with Gasteiger partial charge in [0.15, 0.2) is 0 Å². The number of nitrogens with one attached hydrogen (secondary N) is 1. The number of benzene rings is 2. The Morgan fingerprint density at radius 2 is 1.93 bits per heavy atom. The van der Waals surface area contributed by atoms with Crippen LogP contribution >= 0.6 is 15.9 Å². The standard InChI is InChI=1S/C20H23BrN2O4S/c1-27-19-7-3-2-5-15(19)13-22-20(24)16-6-4-12-23(14-16)28(25,26)18-10-8-17(21)9-11-18/h2-3,5,7-11,16H,4,6,12-14H2,1H3,(H,22,24)/t16-/m0/s1. The van der Waals surface area contributed by atoms with Gasteiger partial charge in [-0.2, -0.15) is 4.31 Å². The number of amides is 1. The third-order valence-corrected chi connectivity index (χ3v) is 7.26. The molecule has 3 rings (SSSR count). The Hall–Kier alpha value is -1.90. The average Bonchev–Trinajstić information content (AvgIpc) is 2.72. The summed E-state index contributed by atoms with van der Waals surface area (Å²) in [5, 5.41) is 2.92. The van der Waals surface area contributed by atoms with Gasteiger partial charge in [-0.1, -0.05) is 34.1 Å². The average molecular weight is 467 g/mol. The van der Waals surface area contributed by atoms with E-state index in [4.69, 9.17) is 4.74 Å². The molecule has 1 aliphatic heterocycles. The predicted molar refractivity (Wildman–Crippen MR) is 110 cm³/mol. The lowest BCUT2D eigenvalue weighted by atomic mass is 9.98. The zero-order valence-electron chi connectivity index (χ0n) is 15.6. The van der Waals surface area contributed by atoms with Crippen molar-refractivity contribution >= 4 is 31.9 Å². The number of rotatable bonds is 6. The summed E-state index contributed by atoms with van der Waals surface area (Å²) in [6.07, 6.45) is 1.33. The molecule has 0 unspecified atom stereocenters. The molecule has 0 bridgehead atoms. The highest BCUT2D eigenvalue weighted by atomic mass is 79.9. The minimum Gasteiger partial charge on any atom is -0.496 e. The molecule has 0 saturated carbocycles. The molecule has 150 valence electrons. The highest BCUT2D eigenvalue weighted by Crippen LogP contribution is 2.25. The van der Waals surface area contributed by atoms with Crippen molar-refractivity contribution in [3.8, 4) is 5.75 Å². The van der Waals surface area contributed by atoms with E-state index in [0.29, 0.717) is 31.7 Å². The maximum absolute atomic E-state index is 12.9. The molecule has 2 aromatic rings. The minimum absolute atomic E-state index is 0.137. The second kappa shape index (κ2) is 9.07. The van der Waals surface area contributed by atoms with Crippen LogP contribution in [0, 0.1) is 5.92 Å². The van der Waals surface area contributed by atoms with Crippen molar-refractivity contribution in [2.45, 2.75) is 24.3 Å². The summed E-state index contributed by atoms with van der Waals surface area (Å²) >= 11 is 3.31. The second-order valence-corrected chi connectivity index (χ2v) is 9.54. The normalized spacial score (nSPS) is 17.9. The van der Waals surface area contributed by atoms with E-state index in [0.717, 1.165) is 10.0 Å². The molecular weight excluding hydrogens is 444 g/mol. The van der Waals surface area contributed by atoms with Crippen LogP contribution in [0.4, 0.5) is 0 Å². The number of hydrogen-bond donors (Lipinski definition) is 1. The topological polar surface area (TPSA) is 75.7 Å². The second-order valence-electron chi connectivity index (χ2n) is 6.69. The fourth-order valence-corrected chi connectivity index (χ4v) is 5.09. The lowest BCUT2D eigenvalue weighted by molar-refractivity contribution is -0.126.